The van der Waals surface area contributed by atoms with E-state index in [0.29, 0.717) is 4.32 Å². The van der Waals surface area contributed by atoms with Crippen LogP contribution in [0, 0.1) is 0 Å². The molecule has 0 aliphatic rings. The van der Waals surface area contributed by atoms with Gasteiger partial charge in [-0.15, -0.1) is 12.6 Å². The van der Waals surface area contributed by atoms with Gasteiger partial charge in [0.25, 0.3) is 0 Å². The quantitative estimate of drug-likeness (QED) is 0.425. The Hall–Kier alpha value is 0.772. The van der Waals surface area contributed by atoms with Gasteiger partial charge >= 0.3 is 0 Å². The zero-order valence-corrected chi connectivity index (χ0v) is 7.20. The standard InChI is InChI=1S/C3H7NS2.Cr/c1-4(2)3(5)6;/h1-2H3,(H,5,6);. The monoisotopic (exact) mass is 173 g/mol. The summed E-state index contributed by atoms with van der Waals surface area (Å²) in [4.78, 5) is 1.76. The molecule has 0 atom stereocenters. The van der Waals surface area contributed by atoms with Gasteiger partial charge in [-0.25, -0.2) is 0 Å². The number of thiol groups is 1. The molecule has 0 fully saturated rings. The zero-order chi connectivity index (χ0) is 5.15. The second-order valence-electron chi connectivity index (χ2n) is 1.18. The van der Waals surface area contributed by atoms with Crippen molar-refractivity contribution < 1.29 is 17.4 Å². The van der Waals surface area contributed by atoms with E-state index in [9.17, 15) is 0 Å². The van der Waals surface area contributed by atoms with Crippen LogP contribution in [0.25, 0.3) is 0 Å². The fourth-order valence-electron chi connectivity index (χ4n) is 0. The fraction of sp³-hybridized carbons (Fsp3) is 0.667. The molecule has 0 radical (unpaired) electrons. The number of thiocarbonyl (C=S) groups is 1. The SMILES string of the molecule is CN(C)C(=S)S.[Cr]. The smallest absolute Gasteiger partial charge is 0.132 e. The van der Waals surface area contributed by atoms with Gasteiger partial charge in [-0.3, -0.25) is 0 Å². The van der Waals surface area contributed by atoms with E-state index in [-0.39, 0.29) is 17.4 Å². The van der Waals surface area contributed by atoms with E-state index in [0.717, 1.165) is 0 Å². The molecule has 0 aromatic carbocycles. The molecule has 0 aromatic heterocycles. The van der Waals surface area contributed by atoms with Crippen LogP contribution in [0.15, 0.2) is 0 Å². The Balaban J connectivity index is 0. The van der Waals surface area contributed by atoms with Crippen molar-refractivity contribution >= 4 is 29.2 Å². The van der Waals surface area contributed by atoms with Crippen molar-refractivity contribution in [1.82, 2.24) is 4.90 Å². The van der Waals surface area contributed by atoms with Crippen LogP contribution in [0.3, 0.4) is 0 Å². The predicted molar refractivity (Wildman–Crippen MR) is 35.3 cm³/mol. The second kappa shape index (κ2) is 4.92. The van der Waals surface area contributed by atoms with Gasteiger partial charge in [-0.1, -0.05) is 12.2 Å². The van der Waals surface area contributed by atoms with Crippen LogP contribution >= 0.6 is 24.8 Å². The third-order valence-electron chi connectivity index (χ3n) is 0.383. The average molecular weight is 173 g/mol. The van der Waals surface area contributed by atoms with Gasteiger partial charge in [0.2, 0.25) is 0 Å². The molecule has 0 heterocycles. The first-order chi connectivity index (χ1) is 2.64. The molecular weight excluding hydrogens is 166 g/mol. The fourth-order valence-corrected chi connectivity index (χ4v) is 0. The third-order valence-corrected chi connectivity index (χ3v) is 1.15. The van der Waals surface area contributed by atoms with E-state index in [4.69, 9.17) is 0 Å². The Morgan fingerprint density at radius 1 is 1.57 bits per heavy atom. The maximum atomic E-state index is 4.61. The van der Waals surface area contributed by atoms with Gasteiger partial charge in [0.15, 0.2) is 0 Å². The maximum Gasteiger partial charge on any atom is 0.132 e. The van der Waals surface area contributed by atoms with Crippen molar-refractivity contribution in [2.45, 2.75) is 0 Å². The van der Waals surface area contributed by atoms with Crippen molar-refractivity contribution in [3.63, 3.8) is 0 Å². The van der Waals surface area contributed by atoms with E-state index < -0.39 is 0 Å². The third kappa shape index (κ3) is 6.77. The van der Waals surface area contributed by atoms with Crippen LogP contribution in [0.4, 0.5) is 0 Å². The molecule has 0 amide bonds. The molecule has 0 aromatic rings. The summed E-state index contributed by atoms with van der Waals surface area (Å²) >= 11 is 8.46. The van der Waals surface area contributed by atoms with E-state index in [1.165, 1.54) is 0 Å². The molecule has 1 nitrogen and oxygen atoms in total. The maximum absolute atomic E-state index is 4.61. The second-order valence-corrected chi connectivity index (χ2v) is 2.29. The van der Waals surface area contributed by atoms with Crippen molar-refractivity contribution in [1.29, 1.82) is 0 Å². The molecule has 7 heavy (non-hydrogen) atoms. The zero-order valence-electron chi connectivity index (χ0n) is 4.21. The number of rotatable bonds is 0. The minimum Gasteiger partial charge on any atom is -0.364 e. The number of hydrogen-bond acceptors (Lipinski definition) is 1. The van der Waals surface area contributed by atoms with Gasteiger partial charge < -0.3 is 4.90 Å². The first kappa shape index (κ1) is 10.7. The number of nitrogens with zero attached hydrogens (tertiary/aromatic N) is 1. The molecule has 42 valence electrons. The molecule has 0 unspecified atom stereocenters. The van der Waals surface area contributed by atoms with E-state index >= 15 is 0 Å². The Kier molecular flexibility index (Phi) is 7.52. The van der Waals surface area contributed by atoms with Gasteiger partial charge in [-0.05, 0) is 0 Å². The minimum atomic E-state index is 0. The van der Waals surface area contributed by atoms with Crippen molar-refractivity contribution in [3.8, 4) is 0 Å². The van der Waals surface area contributed by atoms with Gasteiger partial charge in [0.05, 0.1) is 0 Å². The summed E-state index contributed by atoms with van der Waals surface area (Å²) in [6, 6.07) is 0. The summed E-state index contributed by atoms with van der Waals surface area (Å²) in [6.45, 7) is 0. The normalized spacial score (nSPS) is 6.71. The molecule has 0 saturated heterocycles. The van der Waals surface area contributed by atoms with Crippen molar-refractivity contribution in [2.24, 2.45) is 0 Å². The Labute approximate surface area is 65.6 Å². The van der Waals surface area contributed by atoms with Crippen LogP contribution in [0.2, 0.25) is 0 Å². The molecule has 0 aliphatic heterocycles. The molecule has 0 rings (SSSR count). The topological polar surface area (TPSA) is 3.24 Å². The first-order valence-electron chi connectivity index (χ1n) is 1.55. The van der Waals surface area contributed by atoms with Gasteiger partial charge in [0.1, 0.15) is 4.32 Å². The van der Waals surface area contributed by atoms with Crippen LogP contribution in [0.5, 0.6) is 0 Å². The summed E-state index contributed by atoms with van der Waals surface area (Å²) in [5, 5.41) is 0. The molecular formula is C3H7CrNS2. The molecule has 4 heteroatoms. The van der Waals surface area contributed by atoms with Crippen molar-refractivity contribution in [2.75, 3.05) is 14.1 Å². The van der Waals surface area contributed by atoms with E-state index in [1.807, 2.05) is 14.1 Å². The largest absolute Gasteiger partial charge is 0.364 e. The average Bonchev–Trinajstić information content (AvgIpc) is 1.36. The summed E-state index contributed by atoms with van der Waals surface area (Å²) < 4.78 is 0.620. The Morgan fingerprint density at radius 3 is 1.71 bits per heavy atom. The molecule has 0 aliphatic carbocycles. The summed E-state index contributed by atoms with van der Waals surface area (Å²) in [5.74, 6) is 0. The van der Waals surface area contributed by atoms with Gasteiger partial charge in [-0.2, -0.15) is 0 Å². The van der Waals surface area contributed by atoms with E-state index in [2.05, 4.69) is 24.8 Å². The van der Waals surface area contributed by atoms with Crippen LogP contribution in [-0.2, 0) is 17.4 Å². The van der Waals surface area contributed by atoms with E-state index in [1.54, 1.807) is 4.90 Å². The summed E-state index contributed by atoms with van der Waals surface area (Å²) in [5.41, 5.74) is 0. The van der Waals surface area contributed by atoms with Gasteiger partial charge in [0, 0.05) is 31.5 Å². The minimum absolute atomic E-state index is 0. The Morgan fingerprint density at radius 2 is 1.71 bits per heavy atom. The molecule has 0 N–H and O–H groups in total. The predicted octanol–water partition coefficient (Wildman–Crippen LogP) is 0.760. The summed E-state index contributed by atoms with van der Waals surface area (Å²) in [7, 11) is 3.71. The first-order valence-corrected chi connectivity index (χ1v) is 2.40. The van der Waals surface area contributed by atoms with Crippen LogP contribution in [0.1, 0.15) is 0 Å². The summed E-state index contributed by atoms with van der Waals surface area (Å²) in [6.07, 6.45) is 0. The Bertz CT molecular complexity index is 64.0. The molecule has 0 bridgehead atoms. The van der Waals surface area contributed by atoms with Crippen molar-refractivity contribution in [3.05, 3.63) is 0 Å². The van der Waals surface area contributed by atoms with Crippen LogP contribution < -0.4 is 0 Å². The molecule has 0 saturated carbocycles. The van der Waals surface area contributed by atoms with Crippen LogP contribution in [-0.4, -0.2) is 23.3 Å². The number of hydrogen-bond donors (Lipinski definition) is 1. The molecule has 0 spiro atoms.